The quantitative estimate of drug-likeness (QED) is 0.516. The molecule has 0 bridgehead atoms. The Labute approximate surface area is 197 Å². The van der Waals surface area contributed by atoms with Gasteiger partial charge in [-0.25, -0.2) is 4.90 Å². The molecular weight excluding hydrogens is 436 g/mol. The van der Waals surface area contributed by atoms with E-state index in [1.807, 2.05) is 36.1 Å². The number of benzene rings is 3. The minimum Gasteiger partial charge on any atom is -0.495 e. The number of methoxy groups -OCH3 is 1. The number of hydrogen-bond donors (Lipinski definition) is 0. The number of carbonyl (C=O) groups is 2. The van der Waals surface area contributed by atoms with Crippen molar-refractivity contribution < 1.29 is 14.3 Å². The van der Waals surface area contributed by atoms with E-state index >= 15 is 0 Å². The molecule has 2 aliphatic rings. The van der Waals surface area contributed by atoms with Crippen LogP contribution in [-0.4, -0.2) is 30.4 Å². The average molecular weight is 459 g/mol. The fourth-order valence-electron chi connectivity index (χ4n) is 4.57. The molecule has 2 amide bonds. The molecule has 0 radical (unpaired) electrons. The van der Waals surface area contributed by atoms with Gasteiger partial charge in [-0.15, -0.1) is 0 Å². The van der Waals surface area contributed by atoms with E-state index in [0.29, 0.717) is 46.4 Å². The summed E-state index contributed by atoms with van der Waals surface area (Å²) in [5.41, 5.74) is 5.29. The highest BCUT2D eigenvalue weighted by Gasteiger charge is 2.44. The number of anilines is 1. The number of halogens is 1. The Morgan fingerprint density at radius 2 is 1.64 bits per heavy atom. The van der Waals surface area contributed by atoms with E-state index in [4.69, 9.17) is 16.3 Å². The van der Waals surface area contributed by atoms with Crippen LogP contribution in [0.2, 0.25) is 5.02 Å². The third kappa shape index (κ3) is 3.68. The van der Waals surface area contributed by atoms with E-state index in [2.05, 4.69) is 12.1 Å². The number of rotatable bonds is 4. The van der Waals surface area contributed by atoms with Crippen LogP contribution in [0.15, 0.2) is 72.4 Å². The van der Waals surface area contributed by atoms with E-state index in [0.717, 1.165) is 12.0 Å². The van der Waals surface area contributed by atoms with Crippen LogP contribution in [0.5, 0.6) is 5.75 Å². The molecule has 0 N–H and O–H groups in total. The second-order valence-corrected chi connectivity index (χ2v) is 8.73. The molecule has 5 rings (SSSR count). The van der Waals surface area contributed by atoms with Gasteiger partial charge in [0.2, 0.25) is 0 Å². The zero-order valence-corrected chi connectivity index (χ0v) is 19.2. The summed E-state index contributed by atoms with van der Waals surface area (Å²) in [7, 11) is 1.54. The molecule has 0 unspecified atom stereocenters. The molecule has 0 saturated carbocycles. The summed E-state index contributed by atoms with van der Waals surface area (Å²) in [5, 5.41) is 0.571. The first-order valence-corrected chi connectivity index (χ1v) is 11.2. The van der Waals surface area contributed by atoms with Crippen molar-refractivity contribution in [3.8, 4) is 5.75 Å². The van der Waals surface area contributed by atoms with Gasteiger partial charge in [0.1, 0.15) is 11.4 Å². The second kappa shape index (κ2) is 8.41. The smallest absolute Gasteiger partial charge is 0.282 e. The lowest BCUT2D eigenvalue weighted by atomic mass is 9.98. The van der Waals surface area contributed by atoms with Crippen molar-refractivity contribution in [1.82, 2.24) is 4.90 Å². The topological polar surface area (TPSA) is 49.9 Å². The van der Waals surface area contributed by atoms with Gasteiger partial charge >= 0.3 is 0 Å². The predicted octanol–water partition coefficient (Wildman–Crippen LogP) is 5.00. The number of nitrogens with zero attached hydrogens (tertiary/aromatic N) is 2. The highest BCUT2D eigenvalue weighted by atomic mass is 35.5. The van der Waals surface area contributed by atoms with Gasteiger partial charge in [0.15, 0.2) is 0 Å². The summed E-state index contributed by atoms with van der Waals surface area (Å²) in [6.45, 7) is 3.14. The molecule has 0 saturated heterocycles. The maximum atomic E-state index is 13.9. The normalized spacial score (nSPS) is 15.8. The first-order chi connectivity index (χ1) is 16.0. The van der Waals surface area contributed by atoms with Crippen molar-refractivity contribution >= 4 is 34.7 Å². The fourth-order valence-corrected chi connectivity index (χ4v) is 4.69. The Morgan fingerprint density at radius 3 is 2.36 bits per heavy atom. The van der Waals surface area contributed by atoms with Gasteiger partial charge < -0.3 is 9.64 Å². The number of imide groups is 1. The van der Waals surface area contributed by atoms with E-state index in [-0.39, 0.29) is 11.8 Å². The van der Waals surface area contributed by atoms with Gasteiger partial charge in [0, 0.05) is 18.1 Å². The standard InChI is InChI=1S/C27H23ClN2O3/c1-17-7-12-23(33-2)22(15-17)30-26(31)24(19-8-10-21(28)11-9-19)25(27(30)32)29-14-13-18-5-3-4-6-20(18)16-29/h3-12,15H,13-14,16H2,1-2H3. The summed E-state index contributed by atoms with van der Waals surface area (Å²) in [5.74, 6) is -0.226. The molecule has 0 spiro atoms. The zero-order chi connectivity index (χ0) is 23.1. The highest BCUT2D eigenvalue weighted by molar-refractivity contribution is 6.45. The highest BCUT2D eigenvalue weighted by Crippen LogP contribution is 2.40. The number of amides is 2. The van der Waals surface area contributed by atoms with E-state index in [9.17, 15) is 9.59 Å². The molecule has 2 aliphatic heterocycles. The van der Waals surface area contributed by atoms with Crippen molar-refractivity contribution in [2.24, 2.45) is 0 Å². The monoisotopic (exact) mass is 458 g/mol. The van der Waals surface area contributed by atoms with E-state index in [1.54, 1.807) is 30.3 Å². The number of ether oxygens (including phenoxy) is 1. The van der Waals surface area contributed by atoms with Gasteiger partial charge in [-0.1, -0.05) is 54.1 Å². The number of carbonyl (C=O) groups excluding carboxylic acids is 2. The van der Waals surface area contributed by atoms with Crippen LogP contribution in [0.25, 0.3) is 5.57 Å². The van der Waals surface area contributed by atoms with Gasteiger partial charge in [0.25, 0.3) is 11.8 Å². The fraction of sp³-hybridized carbons (Fsp3) is 0.185. The van der Waals surface area contributed by atoms with Crippen LogP contribution in [-0.2, 0) is 22.6 Å². The molecule has 3 aromatic carbocycles. The number of aryl methyl sites for hydroxylation is 1. The predicted molar refractivity (Wildman–Crippen MR) is 129 cm³/mol. The lowest BCUT2D eigenvalue weighted by Gasteiger charge is -2.31. The Morgan fingerprint density at radius 1 is 0.909 bits per heavy atom. The Hall–Kier alpha value is -3.57. The molecule has 2 heterocycles. The minimum atomic E-state index is -0.361. The van der Waals surface area contributed by atoms with Crippen molar-refractivity contribution in [3.05, 3.63) is 99.7 Å². The van der Waals surface area contributed by atoms with Crippen LogP contribution in [0.3, 0.4) is 0 Å². The summed E-state index contributed by atoms with van der Waals surface area (Å²) in [4.78, 5) is 31.0. The summed E-state index contributed by atoms with van der Waals surface area (Å²) in [6, 6.07) is 20.8. The average Bonchev–Trinajstić information content (AvgIpc) is 3.09. The molecule has 5 nitrogen and oxygen atoms in total. The van der Waals surface area contributed by atoms with E-state index in [1.165, 1.54) is 23.1 Å². The first-order valence-electron chi connectivity index (χ1n) is 10.8. The van der Waals surface area contributed by atoms with Crippen LogP contribution < -0.4 is 9.64 Å². The molecule has 166 valence electrons. The third-order valence-corrected chi connectivity index (χ3v) is 6.47. The molecule has 0 atom stereocenters. The minimum absolute atomic E-state index is 0.340. The van der Waals surface area contributed by atoms with Crippen molar-refractivity contribution in [1.29, 1.82) is 0 Å². The molecule has 0 aliphatic carbocycles. The Bertz CT molecular complexity index is 1300. The third-order valence-electron chi connectivity index (χ3n) is 6.21. The Balaban J connectivity index is 1.65. The van der Waals surface area contributed by atoms with Gasteiger partial charge in [-0.05, 0) is 59.9 Å². The first kappa shape index (κ1) is 21.3. The molecule has 33 heavy (non-hydrogen) atoms. The maximum absolute atomic E-state index is 13.9. The van der Waals surface area contributed by atoms with Crippen LogP contribution >= 0.6 is 11.6 Å². The summed E-state index contributed by atoms with van der Waals surface area (Å²) < 4.78 is 5.50. The number of hydrogen-bond acceptors (Lipinski definition) is 4. The lowest BCUT2D eigenvalue weighted by Crippen LogP contribution is -2.37. The molecule has 0 aromatic heterocycles. The molecule has 3 aromatic rings. The van der Waals surface area contributed by atoms with Crippen LogP contribution in [0.1, 0.15) is 22.3 Å². The van der Waals surface area contributed by atoms with Crippen LogP contribution in [0.4, 0.5) is 5.69 Å². The largest absolute Gasteiger partial charge is 0.495 e. The zero-order valence-electron chi connectivity index (χ0n) is 18.5. The van der Waals surface area contributed by atoms with Crippen molar-refractivity contribution in [2.45, 2.75) is 19.9 Å². The van der Waals surface area contributed by atoms with E-state index < -0.39 is 0 Å². The van der Waals surface area contributed by atoms with Gasteiger partial charge in [0.05, 0.1) is 18.4 Å². The Kier molecular flexibility index (Phi) is 5.43. The van der Waals surface area contributed by atoms with Crippen molar-refractivity contribution in [2.75, 3.05) is 18.6 Å². The SMILES string of the molecule is COc1ccc(C)cc1N1C(=O)C(c2ccc(Cl)cc2)=C(N2CCc3ccccc3C2)C1=O. The summed E-state index contributed by atoms with van der Waals surface area (Å²) >= 11 is 6.10. The molecule has 0 fully saturated rings. The summed E-state index contributed by atoms with van der Waals surface area (Å²) in [6.07, 6.45) is 0.808. The lowest BCUT2D eigenvalue weighted by molar-refractivity contribution is -0.120. The van der Waals surface area contributed by atoms with Crippen molar-refractivity contribution in [3.63, 3.8) is 0 Å². The molecule has 6 heteroatoms. The van der Waals surface area contributed by atoms with Gasteiger partial charge in [-0.2, -0.15) is 0 Å². The number of fused-ring (bicyclic) bond motifs is 1. The molecular formula is C27H23ClN2O3. The van der Waals surface area contributed by atoms with Crippen LogP contribution in [0, 0.1) is 6.92 Å². The second-order valence-electron chi connectivity index (χ2n) is 8.29. The van der Waals surface area contributed by atoms with Gasteiger partial charge in [-0.3, -0.25) is 9.59 Å². The maximum Gasteiger partial charge on any atom is 0.282 e.